The summed E-state index contributed by atoms with van der Waals surface area (Å²) < 4.78 is 5.00. The Hall–Kier alpha value is -3.48. The van der Waals surface area contributed by atoms with Crippen molar-refractivity contribution in [2.45, 2.75) is 39.7 Å². The van der Waals surface area contributed by atoms with Crippen molar-refractivity contribution in [2.24, 2.45) is 0 Å². The standard InChI is InChI=1S/C24H26N2O5/c1-4-17-6-8-18(9-7-17)16(3)25-21(27)14-31-22(28)11-12-26-23(29)19-10-5-15(2)13-20(19)24(26)30/h5-10,13,16H,4,11-12,14H2,1-3H3,(H,25,27). The highest BCUT2D eigenvalue weighted by Gasteiger charge is 2.35. The molecule has 3 rings (SSSR count). The number of benzene rings is 2. The summed E-state index contributed by atoms with van der Waals surface area (Å²) in [6, 6.07) is 12.8. The van der Waals surface area contributed by atoms with Crippen LogP contribution < -0.4 is 5.32 Å². The van der Waals surface area contributed by atoms with E-state index in [9.17, 15) is 19.2 Å². The largest absolute Gasteiger partial charge is 0.456 e. The van der Waals surface area contributed by atoms with E-state index >= 15 is 0 Å². The molecule has 0 spiro atoms. The van der Waals surface area contributed by atoms with Crippen molar-refractivity contribution in [1.29, 1.82) is 0 Å². The van der Waals surface area contributed by atoms with Gasteiger partial charge in [-0.05, 0) is 43.5 Å². The van der Waals surface area contributed by atoms with Crippen molar-refractivity contribution in [3.8, 4) is 0 Å². The molecule has 1 N–H and O–H groups in total. The van der Waals surface area contributed by atoms with E-state index in [1.807, 2.05) is 38.1 Å². The highest BCUT2D eigenvalue weighted by atomic mass is 16.5. The number of hydrogen-bond acceptors (Lipinski definition) is 5. The third kappa shape index (κ3) is 5.17. The first-order chi connectivity index (χ1) is 14.8. The van der Waals surface area contributed by atoms with Crippen LogP contribution in [-0.2, 0) is 20.7 Å². The smallest absolute Gasteiger partial charge is 0.308 e. The Morgan fingerprint density at radius 3 is 2.39 bits per heavy atom. The quantitative estimate of drug-likeness (QED) is 0.522. The zero-order valence-electron chi connectivity index (χ0n) is 17.9. The molecular weight excluding hydrogens is 396 g/mol. The van der Waals surface area contributed by atoms with Gasteiger partial charge in [0.1, 0.15) is 0 Å². The number of rotatable bonds is 8. The van der Waals surface area contributed by atoms with Gasteiger partial charge < -0.3 is 10.1 Å². The van der Waals surface area contributed by atoms with Crippen LogP contribution in [0.2, 0.25) is 0 Å². The summed E-state index contributed by atoms with van der Waals surface area (Å²) >= 11 is 0. The summed E-state index contributed by atoms with van der Waals surface area (Å²) in [4.78, 5) is 50.0. The molecule has 1 unspecified atom stereocenters. The van der Waals surface area contributed by atoms with Crippen LogP contribution in [0, 0.1) is 6.92 Å². The number of aryl methyl sites for hydroxylation is 2. The highest BCUT2D eigenvalue weighted by Crippen LogP contribution is 2.24. The number of fused-ring (bicyclic) bond motifs is 1. The molecule has 1 aliphatic heterocycles. The fourth-order valence-corrected chi connectivity index (χ4v) is 3.44. The number of ether oxygens (including phenoxy) is 1. The zero-order valence-corrected chi connectivity index (χ0v) is 17.9. The lowest BCUT2D eigenvalue weighted by atomic mass is 10.1. The maximum atomic E-state index is 12.4. The van der Waals surface area contributed by atoms with Crippen molar-refractivity contribution >= 4 is 23.7 Å². The molecule has 0 aliphatic carbocycles. The van der Waals surface area contributed by atoms with Crippen molar-refractivity contribution in [2.75, 3.05) is 13.2 Å². The number of nitrogens with one attached hydrogen (secondary N) is 1. The van der Waals surface area contributed by atoms with Crippen LogP contribution in [0.1, 0.15) is 63.7 Å². The zero-order chi connectivity index (χ0) is 22.5. The Bertz CT molecular complexity index is 1010. The summed E-state index contributed by atoms with van der Waals surface area (Å²) in [5, 5.41) is 2.78. The summed E-state index contributed by atoms with van der Waals surface area (Å²) in [5.74, 6) is -1.91. The second-order valence-corrected chi connectivity index (χ2v) is 7.61. The Balaban J connectivity index is 1.44. The van der Waals surface area contributed by atoms with Crippen molar-refractivity contribution in [1.82, 2.24) is 10.2 Å². The van der Waals surface area contributed by atoms with Gasteiger partial charge in [0.15, 0.2) is 6.61 Å². The van der Waals surface area contributed by atoms with E-state index in [4.69, 9.17) is 4.74 Å². The minimum Gasteiger partial charge on any atom is -0.456 e. The topological polar surface area (TPSA) is 92.8 Å². The molecule has 31 heavy (non-hydrogen) atoms. The first-order valence-corrected chi connectivity index (χ1v) is 10.3. The van der Waals surface area contributed by atoms with Crippen molar-refractivity contribution in [3.63, 3.8) is 0 Å². The van der Waals surface area contributed by atoms with Crippen LogP contribution in [0.3, 0.4) is 0 Å². The van der Waals surface area contributed by atoms with Gasteiger partial charge in [0.25, 0.3) is 17.7 Å². The van der Waals surface area contributed by atoms with E-state index in [1.54, 1.807) is 18.2 Å². The summed E-state index contributed by atoms with van der Waals surface area (Å²) in [6.45, 7) is 5.25. The van der Waals surface area contributed by atoms with Crippen LogP contribution in [0.5, 0.6) is 0 Å². The number of hydrogen-bond donors (Lipinski definition) is 1. The average Bonchev–Trinajstić information content (AvgIpc) is 2.99. The predicted molar refractivity (Wildman–Crippen MR) is 114 cm³/mol. The van der Waals surface area contributed by atoms with Crippen LogP contribution in [-0.4, -0.2) is 41.7 Å². The van der Waals surface area contributed by atoms with Gasteiger partial charge in [-0.15, -0.1) is 0 Å². The van der Waals surface area contributed by atoms with Gasteiger partial charge in [0.05, 0.1) is 23.6 Å². The maximum absolute atomic E-state index is 12.4. The molecule has 162 valence electrons. The lowest BCUT2D eigenvalue weighted by Gasteiger charge is -2.15. The van der Waals surface area contributed by atoms with Gasteiger partial charge in [0, 0.05) is 6.54 Å². The predicted octanol–water partition coefficient (Wildman–Crippen LogP) is 2.96. The monoisotopic (exact) mass is 422 g/mol. The van der Waals surface area contributed by atoms with Crippen LogP contribution >= 0.6 is 0 Å². The molecule has 1 atom stereocenters. The van der Waals surface area contributed by atoms with E-state index in [0.29, 0.717) is 11.1 Å². The molecule has 7 heteroatoms. The normalized spacial score (nSPS) is 13.7. The first kappa shape index (κ1) is 22.2. The van der Waals surface area contributed by atoms with Gasteiger partial charge in [-0.3, -0.25) is 24.1 Å². The Morgan fingerprint density at radius 1 is 1.03 bits per heavy atom. The second-order valence-electron chi connectivity index (χ2n) is 7.61. The minimum absolute atomic E-state index is 0.0912. The molecule has 0 aromatic heterocycles. The van der Waals surface area contributed by atoms with Gasteiger partial charge in [-0.1, -0.05) is 42.8 Å². The molecule has 1 aliphatic rings. The molecule has 1 heterocycles. The first-order valence-electron chi connectivity index (χ1n) is 10.3. The van der Waals surface area contributed by atoms with Crippen LogP contribution in [0.4, 0.5) is 0 Å². The number of imide groups is 1. The number of carbonyl (C=O) groups excluding carboxylic acids is 4. The number of carbonyl (C=O) groups is 4. The molecule has 0 saturated carbocycles. The summed E-state index contributed by atoms with van der Waals surface area (Å²) in [6.07, 6.45) is 0.767. The van der Waals surface area contributed by atoms with Gasteiger partial charge >= 0.3 is 5.97 Å². The van der Waals surface area contributed by atoms with E-state index < -0.39 is 30.3 Å². The summed E-state index contributed by atoms with van der Waals surface area (Å²) in [5.41, 5.74) is 3.73. The number of amides is 3. The highest BCUT2D eigenvalue weighted by molar-refractivity contribution is 6.21. The molecule has 0 fully saturated rings. The van der Waals surface area contributed by atoms with Gasteiger partial charge in [-0.2, -0.15) is 0 Å². The molecular formula is C24H26N2O5. The lowest BCUT2D eigenvalue weighted by Crippen LogP contribution is -2.34. The van der Waals surface area contributed by atoms with Crippen LogP contribution in [0.15, 0.2) is 42.5 Å². The fourth-order valence-electron chi connectivity index (χ4n) is 3.44. The molecule has 2 aromatic rings. The second kappa shape index (κ2) is 9.55. The molecule has 0 radical (unpaired) electrons. The van der Waals surface area contributed by atoms with Gasteiger partial charge in [0.2, 0.25) is 0 Å². The Kier molecular flexibility index (Phi) is 6.84. The molecule has 0 saturated heterocycles. The SMILES string of the molecule is CCc1ccc(C(C)NC(=O)COC(=O)CCN2C(=O)c3ccc(C)cc3C2=O)cc1. The minimum atomic E-state index is -0.650. The molecule has 3 amide bonds. The lowest BCUT2D eigenvalue weighted by molar-refractivity contribution is -0.148. The average molecular weight is 422 g/mol. The number of nitrogens with zero attached hydrogens (tertiary/aromatic N) is 1. The Morgan fingerprint density at radius 2 is 1.71 bits per heavy atom. The molecule has 0 bridgehead atoms. The molecule has 2 aromatic carbocycles. The van der Waals surface area contributed by atoms with E-state index in [1.165, 1.54) is 5.56 Å². The number of esters is 1. The van der Waals surface area contributed by atoms with Gasteiger partial charge in [-0.25, -0.2) is 0 Å². The summed E-state index contributed by atoms with van der Waals surface area (Å²) in [7, 11) is 0. The van der Waals surface area contributed by atoms with Crippen molar-refractivity contribution in [3.05, 3.63) is 70.3 Å². The third-order valence-electron chi connectivity index (χ3n) is 5.30. The maximum Gasteiger partial charge on any atom is 0.308 e. The van der Waals surface area contributed by atoms with E-state index in [0.717, 1.165) is 22.4 Å². The third-order valence-corrected chi connectivity index (χ3v) is 5.30. The molecule has 7 nitrogen and oxygen atoms in total. The van der Waals surface area contributed by atoms with Crippen LogP contribution in [0.25, 0.3) is 0 Å². The van der Waals surface area contributed by atoms with E-state index in [-0.39, 0.29) is 19.0 Å². The Labute approximate surface area is 181 Å². The van der Waals surface area contributed by atoms with Crippen molar-refractivity contribution < 1.29 is 23.9 Å². The van der Waals surface area contributed by atoms with E-state index in [2.05, 4.69) is 12.2 Å². The fraction of sp³-hybridized carbons (Fsp3) is 0.333.